The third kappa shape index (κ3) is 3.10. The van der Waals surface area contributed by atoms with Gasteiger partial charge in [0.25, 0.3) is 0 Å². The Kier molecular flexibility index (Phi) is 3.74. The summed E-state index contributed by atoms with van der Waals surface area (Å²) in [6, 6.07) is 14.3. The van der Waals surface area contributed by atoms with Crippen molar-refractivity contribution in [2.45, 2.75) is 12.8 Å². The number of rotatable bonds is 4. The van der Waals surface area contributed by atoms with Gasteiger partial charge >= 0.3 is 0 Å². The van der Waals surface area contributed by atoms with Crippen LogP contribution in [0.15, 0.2) is 46.9 Å². The van der Waals surface area contributed by atoms with Crippen LogP contribution in [0.3, 0.4) is 0 Å². The Bertz CT molecular complexity index is 563. The fraction of sp³-hybridized carbons (Fsp3) is 0.250. The van der Waals surface area contributed by atoms with Gasteiger partial charge < -0.3 is 9.47 Å². The van der Waals surface area contributed by atoms with E-state index in [1.165, 1.54) is 11.1 Å². The van der Waals surface area contributed by atoms with E-state index in [9.17, 15) is 0 Å². The fourth-order valence-electron chi connectivity index (χ4n) is 2.21. The quantitative estimate of drug-likeness (QED) is 0.848. The Labute approximate surface area is 121 Å². The van der Waals surface area contributed by atoms with Crippen molar-refractivity contribution in [1.29, 1.82) is 0 Å². The second kappa shape index (κ2) is 5.66. The van der Waals surface area contributed by atoms with E-state index in [0.717, 1.165) is 35.4 Å². The molecule has 0 saturated heterocycles. The summed E-state index contributed by atoms with van der Waals surface area (Å²) in [4.78, 5) is 0. The van der Waals surface area contributed by atoms with Crippen LogP contribution < -0.4 is 9.47 Å². The van der Waals surface area contributed by atoms with Crippen LogP contribution in [0.5, 0.6) is 11.5 Å². The number of hydrogen-bond acceptors (Lipinski definition) is 2. The Morgan fingerprint density at radius 3 is 2.79 bits per heavy atom. The Balaban J connectivity index is 1.56. The van der Waals surface area contributed by atoms with Gasteiger partial charge in [0.05, 0.1) is 13.2 Å². The normalized spacial score (nSPS) is 12.9. The van der Waals surface area contributed by atoms with E-state index in [1.807, 2.05) is 24.3 Å². The molecular weight excluding hydrogens is 304 g/mol. The summed E-state index contributed by atoms with van der Waals surface area (Å²) in [5.74, 6) is 1.95. The predicted molar refractivity (Wildman–Crippen MR) is 79.0 cm³/mol. The van der Waals surface area contributed by atoms with Crippen LogP contribution in [0.4, 0.5) is 0 Å². The van der Waals surface area contributed by atoms with Crippen LogP contribution in [0.25, 0.3) is 0 Å². The summed E-state index contributed by atoms with van der Waals surface area (Å²) < 4.78 is 12.3. The second-order valence-electron chi connectivity index (χ2n) is 4.59. The zero-order valence-electron chi connectivity index (χ0n) is 10.6. The van der Waals surface area contributed by atoms with Gasteiger partial charge in [0.1, 0.15) is 11.5 Å². The lowest BCUT2D eigenvalue weighted by atomic mass is 10.1. The molecule has 2 aromatic rings. The Hall–Kier alpha value is -1.48. The number of fused-ring (bicyclic) bond motifs is 1. The minimum atomic E-state index is 0.696. The van der Waals surface area contributed by atoms with Gasteiger partial charge in [-0.15, -0.1) is 0 Å². The SMILES string of the molecule is Brc1ccc(OCCc2ccc3c(c2)CCO3)cc1. The first-order valence-corrected chi connectivity index (χ1v) is 7.23. The fourth-order valence-corrected chi connectivity index (χ4v) is 2.48. The van der Waals surface area contributed by atoms with Gasteiger partial charge in [-0.2, -0.15) is 0 Å². The zero-order valence-corrected chi connectivity index (χ0v) is 12.2. The molecule has 0 saturated carbocycles. The maximum Gasteiger partial charge on any atom is 0.122 e. The highest BCUT2D eigenvalue weighted by atomic mass is 79.9. The average molecular weight is 319 g/mol. The van der Waals surface area contributed by atoms with Crippen molar-refractivity contribution in [3.63, 3.8) is 0 Å². The summed E-state index contributed by atoms with van der Waals surface area (Å²) in [5.41, 5.74) is 2.63. The third-order valence-corrected chi connectivity index (χ3v) is 3.76. The maximum atomic E-state index is 5.73. The average Bonchev–Trinajstić information content (AvgIpc) is 2.88. The molecule has 0 bridgehead atoms. The molecule has 0 unspecified atom stereocenters. The van der Waals surface area contributed by atoms with Crippen LogP contribution in [-0.2, 0) is 12.8 Å². The second-order valence-corrected chi connectivity index (χ2v) is 5.51. The van der Waals surface area contributed by atoms with Gasteiger partial charge in [-0.05, 0) is 41.5 Å². The minimum Gasteiger partial charge on any atom is -0.493 e. The van der Waals surface area contributed by atoms with Crippen LogP contribution >= 0.6 is 15.9 Å². The van der Waals surface area contributed by atoms with Crippen molar-refractivity contribution in [3.05, 3.63) is 58.1 Å². The Morgan fingerprint density at radius 2 is 1.95 bits per heavy atom. The van der Waals surface area contributed by atoms with E-state index in [1.54, 1.807) is 0 Å². The van der Waals surface area contributed by atoms with Gasteiger partial charge in [-0.1, -0.05) is 28.1 Å². The van der Waals surface area contributed by atoms with Gasteiger partial charge in [-0.3, -0.25) is 0 Å². The number of hydrogen-bond donors (Lipinski definition) is 0. The molecule has 0 radical (unpaired) electrons. The van der Waals surface area contributed by atoms with Crippen molar-refractivity contribution >= 4 is 15.9 Å². The first-order valence-electron chi connectivity index (χ1n) is 6.44. The molecule has 0 aromatic heterocycles. The van der Waals surface area contributed by atoms with Gasteiger partial charge in [-0.25, -0.2) is 0 Å². The molecule has 0 fully saturated rings. The first kappa shape index (κ1) is 12.5. The van der Waals surface area contributed by atoms with Crippen LogP contribution in [0, 0.1) is 0 Å². The Morgan fingerprint density at radius 1 is 1.11 bits per heavy atom. The van der Waals surface area contributed by atoms with E-state index >= 15 is 0 Å². The van der Waals surface area contributed by atoms with Crippen molar-refractivity contribution in [2.24, 2.45) is 0 Å². The number of benzene rings is 2. The lowest BCUT2D eigenvalue weighted by molar-refractivity contribution is 0.322. The number of ether oxygens (including phenoxy) is 2. The molecule has 1 heterocycles. The molecular formula is C16H15BrO2. The zero-order chi connectivity index (χ0) is 13.1. The summed E-state index contributed by atoms with van der Waals surface area (Å²) in [6.07, 6.45) is 1.94. The van der Waals surface area contributed by atoms with Gasteiger partial charge in [0.2, 0.25) is 0 Å². The largest absolute Gasteiger partial charge is 0.493 e. The van der Waals surface area contributed by atoms with Crippen molar-refractivity contribution in [2.75, 3.05) is 13.2 Å². The highest BCUT2D eigenvalue weighted by Crippen LogP contribution is 2.26. The smallest absolute Gasteiger partial charge is 0.122 e. The molecule has 2 nitrogen and oxygen atoms in total. The van der Waals surface area contributed by atoms with Crippen molar-refractivity contribution in [1.82, 2.24) is 0 Å². The monoisotopic (exact) mass is 318 g/mol. The summed E-state index contributed by atoms with van der Waals surface area (Å²) in [7, 11) is 0. The number of halogens is 1. The van der Waals surface area contributed by atoms with Crippen LogP contribution in [0.1, 0.15) is 11.1 Å². The lowest BCUT2D eigenvalue weighted by Crippen LogP contribution is -2.01. The van der Waals surface area contributed by atoms with Gasteiger partial charge in [0.15, 0.2) is 0 Å². The summed E-state index contributed by atoms with van der Waals surface area (Å²) >= 11 is 3.41. The molecule has 0 amide bonds. The first-order chi connectivity index (χ1) is 9.31. The molecule has 0 spiro atoms. The molecule has 0 N–H and O–H groups in total. The molecule has 0 aliphatic carbocycles. The highest BCUT2D eigenvalue weighted by molar-refractivity contribution is 9.10. The summed E-state index contributed by atoms with van der Waals surface area (Å²) in [5, 5.41) is 0. The highest BCUT2D eigenvalue weighted by Gasteiger charge is 2.11. The van der Waals surface area contributed by atoms with E-state index < -0.39 is 0 Å². The topological polar surface area (TPSA) is 18.5 Å². The van der Waals surface area contributed by atoms with Crippen LogP contribution in [0.2, 0.25) is 0 Å². The molecule has 1 aliphatic rings. The molecule has 3 rings (SSSR count). The van der Waals surface area contributed by atoms with E-state index in [0.29, 0.717) is 6.61 Å². The van der Waals surface area contributed by atoms with Crippen molar-refractivity contribution < 1.29 is 9.47 Å². The standard InChI is InChI=1S/C16H15BrO2/c17-14-2-4-15(5-3-14)18-9-7-12-1-6-16-13(11-12)8-10-19-16/h1-6,11H,7-10H2. The molecule has 98 valence electrons. The molecule has 19 heavy (non-hydrogen) atoms. The predicted octanol–water partition coefficient (Wildman–Crippen LogP) is 4.01. The van der Waals surface area contributed by atoms with Crippen LogP contribution in [-0.4, -0.2) is 13.2 Å². The molecule has 2 aromatic carbocycles. The molecule has 1 aliphatic heterocycles. The van der Waals surface area contributed by atoms with Crippen molar-refractivity contribution in [3.8, 4) is 11.5 Å². The third-order valence-electron chi connectivity index (χ3n) is 3.23. The van der Waals surface area contributed by atoms with E-state index in [2.05, 4.69) is 34.1 Å². The maximum absolute atomic E-state index is 5.73. The lowest BCUT2D eigenvalue weighted by Gasteiger charge is -2.07. The van der Waals surface area contributed by atoms with Gasteiger partial charge in [0, 0.05) is 17.3 Å². The minimum absolute atomic E-state index is 0.696. The molecule has 0 atom stereocenters. The van der Waals surface area contributed by atoms with E-state index in [-0.39, 0.29) is 0 Å². The van der Waals surface area contributed by atoms with E-state index in [4.69, 9.17) is 9.47 Å². The summed E-state index contributed by atoms with van der Waals surface area (Å²) in [6.45, 7) is 1.51. The molecule has 3 heteroatoms.